The molecule has 48 heavy (non-hydrogen) atoms. The number of aliphatic hydroxyl groups is 1. The highest BCUT2D eigenvalue weighted by atomic mass is 35.5. The Morgan fingerprint density at radius 2 is 1.83 bits per heavy atom. The molecule has 0 radical (unpaired) electrons. The van der Waals surface area contributed by atoms with Gasteiger partial charge in [0.2, 0.25) is 5.91 Å². The summed E-state index contributed by atoms with van der Waals surface area (Å²) in [6, 6.07) is 9.84. The number of carbonyl (C=O) groups excluding carboxylic acids is 2. The van der Waals surface area contributed by atoms with Crippen molar-refractivity contribution in [2.45, 2.75) is 49.7 Å². The number of methoxy groups -OCH3 is 1. The van der Waals surface area contributed by atoms with Gasteiger partial charge >= 0.3 is 6.29 Å². The number of ether oxygens (including phenoxy) is 4. The van der Waals surface area contributed by atoms with Crippen LogP contribution < -0.4 is 30.0 Å². The topological polar surface area (TPSA) is 155 Å². The van der Waals surface area contributed by atoms with Crippen LogP contribution in [0, 0.1) is 6.92 Å². The van der Waals surface area contributed by atoms with E-state index in [2.05, 4.69) is 24.8 Å². The second-order valence-corrected chi connectivity index (χ2v) is 12.8. The molecule has 3 aliphatic rings. The first-order valence-corrected chi connectivity index (χ1v) is 15.2. The molecule has 7 rings (SSSR count). The van der Waals surface area contributed by atoms with Gasteiger partial charge in [0.05, 0.1) is 30.1 Å². The number of alkyl halides is 3. The molecular formula is C33H28ClF3N4O7. The van der Waals surface area contributed by atoms with Crippen molar-refractivity contribution in [3.8, 4) is 34.3 Å². The van der Waals surface area contributed by atoms with Gasteiger partial charge in [-0.3, -0.25) is 9.59 Å². The van der Waals surface area contributed by atoms with E-state index in [0.29, 0.717) is 27.4 Å². The van der Waals surface area contributed by atoms with Crippen LogP contribution in [0.1, 0.15) is 47.1 Å². The first kappa shape index (κ1) is 31.8. The van der Waals surface area contributed by atoms with Gasteiger partial charge in [-0.05, 0) is 69.2 Å². The minimum Gasteiger partial charge on any atom is -0.494 e. The van der Waals surface area contributed by atoms with E-state index in [-0.39, 0.29) is 64.8 Å². The third-order valence-corrected chi connectivity index (χ3v) is 9.53. The van der Waals surface area contributed by atoms with E-state index in [0.717, 1.165) is 0 Å². The average molecular weight is 685 g/mol. The van der Waals surface area contributed by atoms with Crippen molar-refractivity contribution in [1.29, 1.82) is 0 Å². The molecule has 1 saturated carbocycles. The van der Waals surface area contributed by atoms with Crippen LogP contribution in [0.5, 0.6) is 23.0 Å². The van der Waals surface area contributed by atoms with Gasteiger partial charge in [0.15, 0.2) is 17.1 Å². The third-order valence-electron chi connectivity index (χ3n) is 9.14. The molecule has 1 aliphatic carbocycles. The molecule has 2 amide bonds. The monoisotopic (exact) mass is 684 g/mol. The highest BCUT2D eigenvalue weighted by Gasteiger charge is 2.62. The van der Waals surface area contributed by atoms with Crippen LogP contribution >= 0.6 is 11.6 Å². The summed E-state index contributed by atoms with van der Waals surface area (Å²) in [5.41, 5.74) is 1.04. The Morgan fingerprint density at radius 3 is 2.52 bits per heavy atom. The molecule has 0 saturated heterocycles. The summed E-state index contributed by atoms with van der Waals surface area (Å²) in [6.07, 6.45) is -3.99. The van der Waals surface area contributed by atoms with Crippen LogP contribution in [0.3, 0.4) is 0 Å². The zero-order valence-electron chi connectivity index (χ0n) is 25.8. The first-order valence-electron chi connectivity index (χ1n) is 14.8. The van der Waals surface area contributed by atoms with E-state index in [9.17, 15) is 23.5 Å². The van der Waals surface area contributed by atoms with Crippen LogP contribution in [0.4, 0.5) is 13.2 Å². The number of amides is 2. The molecule has 1 fully saturated rings. The summed E-state index contributed by atoms with van der Waals surface area (Å²) in [4.78, 5) is 35.2. The number of carbonyl (C=O) groups is 2. The number of aromatic nitrogens is 2. The lowest BCUT2D eigenvalue weighted by atomic mass is 9.80. The number of fused-ring (bicyclic) bond motifs is 3. The third kappa shape index (κ3) is 4.93. The molecule has 4 heterocycles. The average Bonchev–Trinajstić information content (AvgIpc) is 3.59. The molecule has 0 bridgehead atoms. The Balaban J connectivity index is 1.30. The van der Waals surface area contributed by atoms with Crippen molar-refractivity contribution in [1.82, 2.24) is 15.3 Å². The van der Waals surface area contributed by atoms with Crippen molar-refractivity contribution >= 4 is 34.3 Å². The quantitative estimate of drug-likeness (QED) is 0.236. The molecule has 2 aromatic heterocycles. The molecule has 15 heteroatoms. The summed E-state index contributed by atoms with van der Waals surface area (Å²) in [5, 5.41) is 15.7. The van der Waals surface area contributed by atoms with Gasteiger partial charge in [0.25, 0.3) is 5.91 Å². The molecule has 2 aliphatic heterocycles. The predicted octanol–water partition coefficient (Wildman–Crippen LogP) is 4.84. The number of hydrogen-bond acceptors (Lipinski definition) is 9. The molecule has 0 spiro atoms. The van der Waals surface area contributed by atoms with E-state index in [1.54, 1.807) is 13.0 Å². The number of halogens is 4. The maximum atomic E-state index is 16.3. The minimum atomic E-state index is -3.89. The normalized spacial score (nSPS) is 20.8. The standard InChI is InChI=1S/C33H28ClF3N4O7/c1-15-20(34)9-17-8-18(11-23(45-3)25(17)40-15)28(42)39-13-32(44,31(35)6-7-31)24-12-19-27(46-14-30(19,2)29(38)43)26(41-24)16-4-5-21-22(10-16)48-33(36,37)47-21/h4-5,8-12,44H,6-7,13-14H2,1-3H3,(H2,38,43)(H,39,42)/t30-,32-/m0/s1. The Bertz CT molecular complexity index is 2060. The summed E-state index contributed by atoms with van der Waals surface area (Å²) < 4.78 is 64.3. The second-order valence-electron chi connectivity index (χ2n) is 12.4. The molecular weight excluding hydrogens is 657 g/mol. The van der Waals surface area contributed by atoms with Gasteiger partial charge in [0.1, 0.15) is 40.4 Å². The lowest BCUT2D eigenvalue weighted by molar-refractivity contribution is -0.286. The van der Waals surface area contributed by atoms with E-state index in [1.807, 2.05) is 0 Å². The Morgan fingerprint density at radius 1 is 1.10 bits per heavy atom. The fraction of sp³-hybridized carbons (Fsp3) is 0.333. The first-order chi connectivity index (χ1) is 22.6. The lowest BCUT2D eigenvalue weighted by Crippen LogP contribution is -2.49. The number of hydrogen-bond donors (Lipinski definition) is 3. The zero-order valence-corrected chi connectivity index (χ0v) is 26.5. The number of nitrogens with two attached hydrogens (primary N) is 1. The highest BCUT2D eigenvalue weighted by molar-refractivity contribution is 6.31. The van der Waals surface area contributed by atoms with Gasteiger partial charge in [-0.25, -0.2) is 14.4 Å². The molecule has 250 valence electrons. The van der Waals surface area contributed by atoms with E-state index in [4.69, 9.17) is 26.8 Å². The maximum absolute atomic E-state index is 16.3. The van der Waals surface area contributed by atoms with Gasteiger partial charge in [-0.15, -0.1) is 8.78 Å². The summed E-state index contributed by atoms with van der Waals surface area (Å²) in [7, 11) is 1.42. The van der Waals surface area contributed by atoms with Crippen molar-refractivity contribution < 1.29 is 46.8 Å². The minimum absolute atomic E-state index is 0.00188. The zero-order chi connectivity index (χ0) is 34.4. The van der Waals surface area contributed by atoms with Crippen LogP contribution in [0.2, 0.25) is 5.02 Å². The van der Waals surface area contributed by atoms with Gasteiger partial charge in [0, 0.05) is 22.1 Å². The fourth-order valence-corrected chi connectivity index (χ4v) is 6.17. The van der Waals surface area contributed by atoms with E-state index < -0.39 is 41.3 Å². The van der Waals surface area contributed by atoms with Gasteiger partial charge in [-0.2, -0.15) is 0 Å². The Hall–Kier alpha value is -4.82. The van der Waals surface area contributed by atoms with Crippen molar-refractivity contribution in [2.24, 2.45) is 5.73 Å². The summed E-state index contributed by atoms with van der Waals surface area (Å²) in [5.74, 6) is -1.56. The number of benzene rings is 2. The Labute approximate surface area is 276 Å². The molecule has 2 aromatic carbocycles. The maximum Gasteiger partial charge on any atom is 0.586 e. The number of aryl methyl sites for hydroxylation is 1. The number of pyridine rings is 2. The van der Waals surface area contributed by atoms with Gasteiger partial charge < -0.3 is 35.1 Å². The predicted molar refractivity (Wildman–Crippen MR) is 165 cm³/mol. The number of nitrogens with one attached hydrogen (secondary N) is 1. The van der Waals surface area contributed by atoms with Crippen molar-refractivity contribution in [3.63, 3.8) is 0 Å². The Kier molecular flexibility index (Phi) is 7.01. The highest BCUT2D eigenvalue weighted by Crippen LogP contribution is 2.55. The number of primary amides is 1. The fourth-order valence-electron chi connectivity index (χ4n) is 6.01. The molecule has 0 unspecified atom stereocenters. The summed E-state index contributed by atoms with van der Waals surface area (Å²) in [6.45, 7) is 2.42. The molecule has 4 N–H and O–H groups in total. The van der Waals surface area contributed by atoms with Crippen LogP contribution in [-0.4, -0.2) is 59.1 Å². The molecule has 4 aromatic rings. The van der Waals surface area contributed by atoms with Gasteiger partial charge in [-0.1, -0.05) is 11.6 Å². The number of rotatable bonds is 8. The van der Waals surface area contributed by atoms with Crippen molar-refractivity contribution in [2.75, 3.05) is 20.3 Å². The molecule has 11 nitrogen and oxygen atoms in total. The van der Waals surface area contributed by atoms with E-state index in [1.165, 1.54) is 50.4 Å². The van der Waals surface area contributed by atoms with Crippen LogP contribution in [-0.2, 0) is 15.8 Å². The van der Waals surface area contributed by atoms with Crippen LogP contribution in [0.25, 0.3) is 22.2 Å². The smallest absolute Gasteiger partial charge is 0.494 e. The summed E-state index contributed by atoms with van der Waals surface area (Å²) >= 11 is 6.27. The second kappa shape index (κ2) is 10.6. The SMILES string of the molecule is COc1cc(C(=O)NC[C@](O)(c2cc3c(c(-c4ccc5c(c4)OC(F)(F)O5)n2)OC[C@]3(C)C(N)=O)C2(F)CC2)cc2cc(Cl)c(C)nc12. The van der Waals surface area contributed by atoms with E-state index >= 15 is 4.39 Å². The lowest BCUT2D eigenvalue weighted by Gasteiger charge is -2.33. The molecule has 2 atom stereocenters. The largest absolute Gasteiger partial charge is 0.586 e. The van der Waals surface area contributed by atoms with Crippen LogP contribution in [0.15, 0.2) is 42.5 Å². The van der Waals surface area contributed by atoms with Crippen molar-refractivity contribution in [3.05, 3.63) is 70.0 Å². The number of nitrogens with zero attached hydrogens (tertiary/aromatic N) is 2.